The molecule has 0 unspecified atom stereocenters. The third kappa shape index (κ3) is 2.39. The molecular weight excluding hydrogens is 304 g/mol. The van der Waals surface area contributed by atoms with Crippen LogP contribution in [0.5, 0.6) is 0 Å². The summed E-state index contributed by atoms with van der Waals surface area (Å²) in [6, 6.07) is 26.0. The second-order valence-electron chi connectivity index (χ2n) is 5.52. The van der Waals surface area contributed by atoms with E-state index in [1.54, 1.807) is 24.3 Å². The smallest absolute Gasteiger partial charge is 0.206 e. The second kappa shape index (κ2) is 5.21. The molecule has 0 aromatic heterocycles. The van der Waals surface area contributed by atoms with Crippen LogP contribution in [-0.2, 0) is 9.84 Å². The minimum absolute atomic E-state index is 0.325. The lowest BCUT2D eigenvalue weighted by molar-refractivity contribution is 0.596. The van der Waals surface area contributed by atoms with Crippen LogP contribution in [0.4, 0.5) is 0 Å². The zero-order chi connectivity index (χ0) is 15.9. The zero-order valence-electron chi connectivity index (χ0n) is 12.3. The summed E-state index contributed by atoms with van der Waals surface area (Å²) in [6.45, 7) is 0. The highest BCUT2D eigenvalue weighted by Gasteiger charge is 2.18. The molecule has 0 atom stereocenters. The van der Waals surface area contributed by atoms with Gasteiger partial charge in [0.1, 0.15) is 0 Å². The van der Waals surface area contributed by atoms with Crippen molar-refractivity contribution in [3.63, 3.8) is 0 Å². The van der Waals surface area contributed by atoms with Crippen molar-refractivity contribution in [1.82, 2.24) is 0 Å². The first-order chi connectivity index (χ1) is 11.1. The molecule has 3 heteroatoms. The van der Waals surface area contributed by atoms with Gasteiger partial charge in [-0.15, -0.1) is 0 Å². The molecular formula is C20H14O2S. The molecule has 0 bridgehead atoms. The highest BCUT2D eigenvalue weighted by atomic mass is 32.2. The molecule has 0 heterocycles. The topological polar surface area (TPSA) is 34.1 Å². The molecule has 4 aromatic carbocycles. The van der Waals surface area contributed by atoms with Crippen LogP contribution < -0.4 is 0 Å². The summed E-state index contributed by atoms with van der Waals surface area (Å²) >= 11 is 0. The number of sulfone groups is 1. The molecule has 0 aliphatic carbocycles. The second-order valence-corrected chi connectivity index (χ2v) is 7.47. The van der Waals surface area contributed by atoms with Crippen molar-refractivity contribution in [1.29, 1.82) is 0 Å². The first kappa shape index (κ1) is 14.0. The molecule has 112 valence electrons. The zero-order valence-corrected chi connectivity index (χ0v) is 13.1. The lowest BCUT2D eigenvalue weighted by atomic mass is 10.1. The number of hydrogen-bond donors (Lipinski definition) is 0. The van der Waals surface area contributed by atoms with E-state index in [1.165, 1.54) is 0 Å². The molecule has 0 amide bonds. The first-order valence-electron chi connectivity index (χ1n) is 7.37. The maximum absolute atomic E-state index is 12.9. The third-order valence-corrected chi connectivity index (χ3v) is 5.81. The van der Waals surface area contributed by atoms with Gasteiger partial charge in [-0.2, -0.15) is 0 Å². The van der Waals surface area contributed by atoms with Crippen LogP contribution in [0.2, 0.25) is 0 Å². The van der Waals surface area contributed by atoms with Gasteiger partial charge in [-0.3, -0.25) is 0 Å². The minimum atomic E-state index is -3.52. The molecule has 2 nitrogen and oxygen atoms in total. The SMILES string of the molecule is O=S(=O)(c1ccc2ccccc2c1)c1ccc2ccccc2c1. The van der Waals surface area contributed by atoms with E-state index in [0.717, 1.165) is 21.5 Å². The number of rotatable bonds is 2. The van der Waals surface area contributed by atoms with E-state index >= 15 is 0 Å². The monoisotopic (exact) mass is 318 g/mol. The molecule has 0 saturated carbocycles. The molecule has 0 aliphatic rings. The van der Waals surface area contributed by atoms with E-state index in [0.29, 0.717) is 9.79 Å². The number of hydrogen-bond acceptors (Lipinski definition) is 2. The van der Waals surface area contributed by atoms with E-state index in [4.69, 9.17) is 0 Å². The van der Waals surface area contributed by atoms with Crippen molar-refractivity contribution in [3.8, 4) is 0 Å². The lowest BCUT2D eigenvalue weighted by Crippen LogP contribution is -2.01. The molecule has 0 N–H and O–H groups in total. The summed E-state index contributed by atoms with van der Waals surface area (Å²) in [6.07, 6.45) is 0. The summed E-state index contributed by atoms with van der Waals surface area (Å²) in [5, 5.41) is 3.92. The van der Waals surface area contributed by atoms with Gasteiger partial charge in [0.25, 0.3) is 0 Å². The number of benzene rings is 4. The Morgan fingerprint density at radius 3 is 1.30 bits per heavy atom. The fourth-order valence-corrected chi connectivity index (χ4v) is 4.14. The van der Waals surface area contributed by atoms with Crippen molar-refractivity contribution < 1.29 is 8.42 Å². The maximum atomic E-state index is 12.9. The Morgan fingerprint density at radius 2 is 0.870 bits per heavy atom. The van der Waals surface area contributed by atoms with E-state index in [2.05, 4.69) is 0 Å². The average Bonchev–Trinajstić information content (AvgIpc) is 2.61. The summed E-state index contributed by atoms with van der Waals surface area (Å²) in [5.74, 6) is 0. The third-order valence-electron chi connectivity index (χ3n) is 4.06. The van der Waals surface area contributed by atoms with Crippen LogP contribution in [0.3, 0.4) is 0 Å². The van der Waals surface area contributed by atoms with Gasteiger partial charge in [-0.25, -0.2) is 8.42 Å². The van der Waals surface area contributed by atoms with Crippen molar-refractivity contribution in [2.45, 2.75) is 9.79 Å². The highest BCUT2D eigenvalue weighted by Crippen LogP contribution is 2.27. The van der Waals surface area contributed by atoms with Gasteiger partial charge in [0.05, 0.1) is 9.79 Å². The van der Waals surface area contributed by atoms with Crippen LogP contribution in [0.25, 0.3) is 21.5 Å². The molecule has 4 aromatic rings. The Labute approximate surface area is 134 Å². The van der Waals surface area contributed by atoms with Crippen molar-refractivity contribution in [2.24, 2.45) is 0 Å². The van der Waals surface area contributed by atoms with Crippen LogP contribution in [0, 0.1) is 0 Å². The van der Waals surface area contributed by atoms with Crippen LogP contribution in [0.1, 0.15) is 0 Å². The predicted molar refractivity (Wildman–Crippen MR) is 93.3 cm³/mol. The van der Waals surface area contributed by atoms with E-state index in [1.807, 2.05) is 60.7 Å². The normalized spacial score (nSPS) is 11.8. The van der Waals surface area contributed by atoms with Crippen molar-refractivity contribution in [3.05, 3.63) is 84.9 Å². The van der Waals surface area contributed by atoms with Gasteiger partial charge >= 0.3 is 0 Å². The molecule has 0 radical (unpaired) electrons. The molecule has 0 aliphatic heterocycles. The highest BCUT2D eigenvalue weighted by molar-refractivity contribution is 7.91. The Balaban J connectivity index is 1.89. The Bertz CT molecular complexity index is 1040. The largest absolute Gasteiger partial charge is 0.219 e. The van der Waals surface area contributed by atoms with Crippen LogP contribution in [-0.4, -0.2) is 8.42 Å². The molecule has 23 heavy (non-hydrogen) atoms. The van der Waals surface area contributed by atoms with E-state index < -0.39 is 9.84 Å². The van der Waals surface area contributed by atoms with Gasteiger partial charge in [-0.1, -0.05) is 60.7 Å². The van der Waals surface area contributed by atoms with E-state index in [9.17, 15) is 8.42 Å². The van der Waals surface area contributed by atoms with Gasteiger partial charge in [-0.05, 0) is 45.8 Å². The van der Waals surface area contributed by atoms with Gasteiger partial charge in [0, 0.05) is 0 Å². The Morgan fingerprint density at radius 1 is 0.478 bits per heavy atom. The Hall–Kier alpha value is -2.65. The first-order valence-corrected chi connectivity index (χ1v) is 8.86. The van der Waals surface area contributed by atoms with Crippen molar-refractivity contribution in [2.75, 3.05) is 0 Å². The van der Waals surface area contributed by atoms with E-state index in [-0.39, 0.29) is 0 Å². The molecule has 4 rings (SSSR count). The summed E-state index contributed by atoms with van der Waals surface area (Å²) in [5.41, 5.74) is 0. The fraction of sp³-hybridized carbons (Fsp3) is 0. The standard InChI is InChI=1S/C20H14O2S/c21-23(22,19-11-9-15-5-1-3-7-17(15)13-19)20-12-10-16-6-2-4-8-18(16)14-20/h1-14H. The summed E-state index contributed by atoms with van der Waals surface area (Å²) in [4.78, 5) is 0.651. The van der Waals surface area contributed by atoms with Crippen LogP contribution >= 0.6 is 0 Å². The molecule has 0 fully saturated rings. The van der Waals surface area contributed by atoms with Gasteiger partial charge in [0.15, 0.2) is 0 Å². The maximum Gasteiger partial charge on any atom is 0.206 e. The van der Waals surface area contributed by atoms with Gasteiger partial charge < -0.3 is 0 Å². The Kier molecular flexibility index (Phi) is 3.17. The lowest BCUT2D eigenvalue weighted by Gasteiger charge is -2.07. The summed E-state index contributed by atoms with van der Waals surface area (Å²) < 4.78 is 25.8. The van der Waals surface area contributed by atoms with Crippen LogP contribution in [0.15, 0.2) is 94.7 Å². The van der Waals surface area contributed by atoms with Gasteiger partial charge in [0.2, 0.25) is 9.84 Å². The van der Waals surface area contributed by atoms with Crippen molar-refractivity contribution >= 4 is 31.4 Å². The number of fused-ring (bicyclic) bond motifs is 2. The molecule has 0 spiro atoms. The fourth-order valence-electron chi connectivity index (χ4n) is 2.81. The quantitative estimate of drug-likeness (QED) is 0.531. The summed E-state index contributed by atoms with van der Waals surface area (Å²) in [7, 11) is -3.52. The predicted octanol–water partition coefficient (Wildman–Crippen LogP) is 4.83. The molecule has 0 saturated heterocycles. The minimum Gasteiger partial charge on any atom is -0.219 e. The average molecular weight is 318 g/mol.